The zero-order valence-corrected chi connectivity index (χ0v) is 17.6. The number of nitrogens with zero attached hydrogens (tertiary/aromatic N) is 1. The molecule has 1 aliphatic rings. The molecule has 0 aromatic heterocycles. The normalized spacial score (nSPS) is 14.9. The summed E-state index contributed by atoms with van der Waals surface area (Å²) < 4.78 is 7.88. The first kappa shape index (κ1) is 22.9. The number of hydrogen-bond acceptors (Lipinski definition) is 6. The molecule has 0 bridgehead atoms. The molecule has 0 fully saturated rings. The molecular formula is C21H26N4O7. The highest BCUT2D eigenvalue weighted by Crippen LogP contribution is 2.22. The highest BCUT2D eigenvalue weighted by molar-refractivity contribution is 6.21. The van der Waals surface area contributed by atoms with Gasteiger partial charge in [-0.1, -0.05) is 12.1 Å². The first-order chi connectivity index (χ1) is 15.5. The number of carbonyl (C=O) groups excluding carboxylic acids is 5. The number of carboxylic acids is 1. The number of unbranched alkanes of at least 4 members (excludes halogenated alkanes) is 1. The summed E-state index contributed by atoms with van der Waals surface area (Å²) in [4.78, 5) is 72.4. The van der Waals surface area contributed by atoms with E-state index in [-0.39, 0.29) is 44.0 Å². The molecule has 0 aliphatic carbocycles. The van der Waals surface area contributed by atoms with Gasteiger partial charge in [0.2, 0.25) is 17.7 Å². The number of primary amides is 1. The van der Waals surface area contributed by atoms with E-state index in [1.807, 2.05) is 0 Å². The number of rotatable bonds is 12. The zero-order valence-electron chi connectivity index (χ0n) is 18.6. The number of amides is 5. The van der Waals surface area contributed by atoms with Gasteiger partial charge in [-0.3, -0.25) is 33.7 Å². The van der Waals surface area contributed by atoms with Gasteiger partial charge in [0.25, 0.3) is 11.8 Å². The summed E-state index contributed by atoms with van der Waals surface area (Å²) >= 11 is 0. The Labute approximate surface area is 185 Å². The van der Waals surface area contributed by atoms with Gasteiger partial charge in [-0.2, -0.15) is 0 Å². The van der Waals surface area contributed by atoms with E-state index in [0.29, 0.717) is 22.9 Å². The number of nitrogens with one attached hydrogen (secondary N) is 2. The Morgan fingerprint density at radius 3 is 2.22 bits per heavy atom. The van der Waals surface area contributed by atoms with E-state index in [2.05, 4.69) is 5.32 Å². The lowest BCUT2D eigenvalue weighted by Crippen LogP contribution is -2.51. The number of hydrogen-bond donors (Lipinski definition) is 4. The van der Waals surface area contributed by atoms with Crippen LogP contribution in [0, 0.1) is 0 Å². The van der Waals surface area contributed by atoms with Crippen LogP contribution in [0.4, 0.5) is 0 Å². The molecule has 0 saturated carbocycles. The van der Waals surface area contributed by atoms with E-state index in [4.69, 9.17) is 12.3 Å². The Hall–Kier alpha value is -3.76. The van der Waals surface area contributed by atoms with Crippen molar-refractivity contribution in [2.45, 2.75) is 51.1 Å². The number of benzene rings is 1. The van der Waals surface area contributed by atoms with E-state index >= 15 is 0 Å². The third-order valence-electron chi connectivity index (χ3n) is 4.92. The Morgan fingerprint density at radius 2 is 1.69 bits per heavy atom. The maximum absolute atomic E-state index is 12.3. The van der Waals surface area contributed by atoms with Crippen LogP contribution in [0.15, 0.2) is 24.3 Å². The summed E-state index contributed by atoms with van der Waals surface area (Å²) in [6.07, 6.45) is -0.0859. The molecule has 5 N–H and O–H groups in total. The number of nitrogens with two attached hydrogens (primary N) is 1. The van der Waals surface area contributed by atoms with Crippen molar-refractivity contribution < 1.29 is 35.3 Å². The lowest BCUT2D eigenvalue weighted by molar-refractivity contribution is -0.137. The third kappa shape index (κ3) is 6.37. The zero-order chi connectivity index (χ0) is 24.7. The van der Waals surface area contributed by atoms with E-state index in [1.54, 1.807) is 24.3 Å². The summed E-state index contributed by atoms with van der Waals surface area (Å²) in [6, 6.07) is 4.01. The van der Waals surface area contributed by atoms with Crippen LogP contribution in [0.2, 0.25) is 1.41 Å². The predicted octanol–water partition coefficient (Wildman–Crippen LogP) is -0.207. The van der Waals surface area contributed by atoms with Gasteiger partial charge in [0.15, 0.2) is 1.41 Å². The van der Waals surface area contributed by atoms with Crippen LogP contribution in [0.3, 0.4) is 0 Å². The lowest BCUT2D eigenvalue weighted by atomic mass is 10.1. The minimum Gasteiger partial charge on any atom is -0.481 e. The van der Waals surface area contributed by atoms with Crippen LogP contribution >= 0.6 is 0 Å². The van der Waals surface area contributed by atoms with Crippen molar-refractivity contribution in [3.05, 3.63) is 35.4 Å². The highest BCUT2D eigenvalue weighted by Gasteiger charge is 2.34. The summed E-state index contributed by atoms with van der Waals surface area (Å²) in [5.74, 6) is -4.35. The predicted molar refractivity (Wildman–Crippen MR) is 111 cm³/mol. The number of imide groups is 1. The van der Waals surface area contributed by atoms with Gasteiger partial charge in [0, 0.05) is 19.4 Å². The molecule has 2 rings (SSSR count). The first-order valence-electron chi connectivity index (χ1n) is 10.6. The first-order valence-corrected chi connectivity index (χ1v) is 10.1. The molecule has 5 amide bonds. The maximum Gasteiger partial charge on any atom is 0.303 e. The van der Waals surface area contributed by atoms with Crippen molar-refractivity contribution in [2.75, 3.05) is 6.54 Å². The van der Waals surface area contributed by atoms with Crippen LogP contribution in [-0.2, 0) is 19.2 Å². The molecule has 11 heteroatoms. The van der Waals surface area contributed by atoms with Crippen molar-refractivity contribution in [1.82, 2.24) is 15.5 Å². The number of carbonyl (C=O) groups is 6. The standard InChI is InChI=1S/C21H26N4O7/c1-12(19(30)24-15(18(22)29)9-10-17(27)28)23-16(26)8-4-5-11-25-20(31)13-6-2-3-7-14(13)21(25)32/h2-3,6-7,12,15H,4-5,8-11H2,1H3,(H2,22,29)(H,23,26)(H,24,30)(H,27,28)/t12-,15-/m0/s1/i/hD. The molecule has 11 nitrogen and oxygen atoms in total. The smallest absolute Gasteiger partial charge is 0.303 e. The molecule has 1 heterocycles. The van der Waals surface area contributed by atoms with E-state index < -0.39 is 35.8 Å². The average Bonchev–Trinajstić information content (AvgIpc) is 3.02. The van der Waals surface area contributed by atoms with E-state index in [0.717, 1.165) is 4.90 Å². The molecule has 0 unspecified atom stereocenters. The second kappa shape index (κ2) is 11.0. The summed E-state index contributed by atoms with van der Waals surface area (Å²) in [5.41, 5.74) is 5.84. The Balaban J connectivity index is 1.80. The topological polar surface area (TPSA) is 176 Å². The summed E-state index contributed by atoms with van der Waals surface area (Å²) in [7, 11) is 0. The van der Waals surface area contributed by atoms with Crippen LogP contribution in [-0.4, -0.2) is 64.1 Å². The number of carboxylic acid groups (broad SMARTS) is 1. The molecule has 2 atom stereocenters. The minimum absolute atomic E-state index is 0.0947. The Kier molecular flexibility index (Phi) is 7.90. The van der Waals surface area contributed by atoms with Crippen LogP contribution in [0.25, 0.3) is 0 Å². The van der Waals surface area contributed by atoms with Gasteiger partial charge >= 0.3 is 5.97 Å². The summed E-state index contributed by atoms with van der Waals surface area (Å²) in [5, 5.41) is 11.4. The maximum atomic E-state index is 12.3. The molecular weight excluding hydrogens is 420 g/mol. The van der Waals surface area contributed by atoms with Gasteiger partial charge in [-0.05, 0) is 38.3 Å². The minimum atomic E-state index is -1.25. The third-order valence-corrected chi connectivity index (χ3v) is 4.92. The molecule has 1 aliphatic heterocycles. The fourth-order valence-electron chi connectivity index (χ4n) is 3.17. The molecule has 1 aromatic carbocycles. The summed E-state index contributed by atoms with van der Waals surface area (Å²) in [6.45, 7) is 1.41. The van der Waals surface area contributed by atoms with Gasteiger partial charge in [0.05, 0.1) is 11.1 Å². The van der Waals surface area contributed by atoms with Crippen molar-refractivity contribution in [2.24, 2.45) is 5.73 Å². The van der Waals surface area contributed by atoms with Crippen molar-refractivity contribution >= 4 is 35.5 Å². The fraction of sp³-hybridized carbons (Fsp3) is 0.429. The second-order valence-corrected chi connectivity index (χ2v) is 7.36. The van der Waals surface area contributed by atoms with Crippen molar-refractivity contribution in [3.8, 4) is 0 Å². The van der Waals surface area contributed by atoms with Crippen LogP contribution in [0.1, 0.15) is 59.7 Å². The molecule has 32 heavy (non-hydrogen) atoms. The monoisotopic (exact) mass is 447 g/mol. The lowest BCUT2D eigenvalue weighted by Gasteiger charge is -2.19. The average molecular weight is 447 g/mol. The molecule has 1 aromatic rings. The fourth-order valence-corrected chi connectivity index (χ4v) is 3.17. The van der Waals surface area contributed by atoms with E-state index in [1.165, 1.54) is 6.92 Å². The van der Waals surface area contributed by atoms with Crippen LogP contribution in [0.5, 0.6) is 0 Å². The van der Waals surface area contributed by atoms with E-state index in [9.17, 15) is 28.8 Å². The Morgan fingerprint density at radius 1 is 1.09 bits per heavy atom. The van der Waals surface area contributed by atoms with Crippen LogP contribution < -0.4 is 16.4 Å². The van der Waals surface area contributed by atoms with Gasteiger partial charge in [-0.15, -0.1) is 0 Å². The largest absolute Gasteiger partial charge is 0.481 e. The van der Waals surface area contributed by atoms with Gasteiger partial charge in [-0.25, -0.2) is 0 Å². The number of fused-ring (bicyclic) bond motifs is 1. The van der Waals surface area contributed by atoms with Crippen molar-refractivity contribution in [3.63, 3.8) is 0 Å². The quantitative estimate of drug-likeness (QED) is 0.253. The Bertz CT molecular complexity index is 933. The van der Waals surface area contributed by atoms with Crippen molar-refractivity contribution in [1.29, 1.82) is 0 Å². The molecule has 0 radical (unpaired) electrons. The molecule has 172 valence electrons. The van der Waals surface area contributed by atoms with Gasteiger partial charge < -0.3 is 21.5 Å². The van der Waals surface area contributed by atoms with Gasteiger partial charge in [0.1, 0.15) is 12.1 Å². The second-order valence-electron chi connectivity index (χ2n) is 7.36. The molecule has 0 spiro atoms. The SMILES string of the molecule is [2H]N(C(=O)CCCCN1C(=O)c2ccccc2C1=O)[C@@H](C)C(=O)N[C@@H](CCC(=O)O)C(N)=O. The molecule has 0 saturated heterocycles. The highest BCUT2D eigenvalue weighted by atomic mass is 16.4. The number of aliphatic carboxylic acids is 1.